The van der Waals surface area contributed by atoms with Crippen molar-refractivity contribution in [3.8, 4) is 0 Å². The lowest BCUT2D eigenvalue weighted by molar-refractivity contribution is -0.137. The highest BCUT2D eigenvalue weighted by molar-refractivity contribution is 5.74. The van der Waals surface area contributed by atoms with Gasteiger partial charge < -0.3 is 19.8 Å². The third-order valence-electron chi connectivity index (χ3n) is 7.23. The van der Waals surface area contributed by atoms with Gasteiger partial charge in [-0.05, 0) is 105 Å². The molecule has 0 aromatic heterocycles. The van der Waals surface area contributed by atoms with Crippen LogP contribution in [0.5, 0.6) is 0 Å². The predicted octanol–water partition coefficient (Wildman–Crippen LogP) is 5.46. The number of allylic oxidation sites excluding steroid dienone is 4. The highest BCUT2D eigenvalue weighted by Crippen LogP contribution is 2.55. The third-order valence-corrected chi connectivity index (χ3v) is 7.23. The first kappa shape index (κ1) is 25.0. The summed E-state index contributed by atoms with van der Waals surface area (Å²) in [5, 5.41) is 19.9. The van der Waals surface area contributed by atoms with Crippen molar-refractivity contribution in [2.45, 2.75) is 116 Å². The van der Waals surface area contributed by atoms with Crippen LogP contribution in [-0.4, -0.2) is 34.0 Å². The van der Waals surface area contributed by atoms with E-state index >= 15 is 0 Å². The Morgan fingerprint density at radius 1 is 0.867 bits per heavy atom. The second kappa shape index (κ2) is 9.91. The summed E-state index contributed by atoms with van der Waals surface area (Å²) < 4.78 is 0. The summed E-state index contributed by atoms with van der Waals surface area (Å²) in [6, 6.07) is 0. The van der Waals surface area contributed by atoms with Crippen LogP contribution in [0.25, 0.3) is 0 Å². The molecule has 2 atom stereocenters. The van der Waals surface area contributed by atoms with Crippen molar-refractivity contribution in [1.29, 1.82) is 0 Å². The average molecular weight is 419 g/mol. The van der Waals surface area contributed by atoms with Crippen LogP contribution in [0, 0.1) is 10.8 Å². The molecule has 0 spiro atoms. The van der Waals surface area contributed by atoms with E-state index in [0.29, 0.717) is 12.8 Å². The largest absolute Gasteiger partial charge is 0.390 e. The fraction of sp³-hybridized carbons (Fsp3) is 0.769. The first-order valence-electron chi connectivity index (χ1n) is 11.7. The van der Waals surface area contributed by atoms with Crippen LogP contribution in [0.2, 0.25) is 0 Å². The maximum absolute atomic E-state index is 12.4. The Hall–Kier alpha value is -1.26. The summed E-state index contributed by atoms with van der Waals surface area (Å²) in [7, 11) is 0. The molecule has 0 aromatic carbocycles. The molecule has 0 bridgehead atoms. The molecule has 0 heterocycles. The van der Waals surface area contributed by atoms with Crippen molar-refractivity contribution in [3.05, 3.63) is 23.3 Å². The Kier molecular flexibility index (Phi) is 8.26. The van der Waals surface area contributed by atoms with E-state index in [1.165, 1.54) is 11.1 Å². The smallest absolute Gasteiger partial charge is 0.127 e. The molecule has 30 heavy (non-hydrogen) atoms. The van der Waals surface area contributed by atoms with Gasteiger partial charge in [0.05, 0.1) is 11.2 Å². The van der Waals surface area contributed by atoms with Crippen LogP contribution in [0.4, 0.5) is 0 Å². The zero-order valence-electron chi connectivity index (χ0n) is 19.5. The highest BCUT2D eigenvalue weighted by atomic mass is 16.3. The third kappa shape index (κ3) is 6.62. The SMILES string of the molecule is CC(C)(O)CCCC1=CCC(C=O)(C2(C=O)CCC=C(CCCC(C)(C)O)C2)CC1. The highest BCUT2D eigenvalue weighted by Gasteiger charge is 2.52. The van der Waals surface area contributed by atoms with Crippen molar-refractivity contribution in [2.75, 3.05) is 0 Å². The summed E-state index contributed by atoms with van der Waals surface area (Å²) in [5.41, 5.74) is 0.0942. The lowest BCUT2D eigenvalue weighted by atomic mass is 9.53. The van der Waals surface area contributed by atoms with Gasteiger partial charge in [0, 0.05) is 10.8 Å². The second-order valence-corrected chi connectivity index (χ2v) is 11.0. The zero-order valence-corrected chi connectivity index (χ0v) is 19.5. The molecule has 0 saturated heterocycles. The molecule has 170 valence electrons. The molecule has 4 nitrogen and oxygen atoms in total. The van der Waals surface area contributed by atoms with Crippen LogP contribution in [0.1, 0.15) is 105 Å². The zero-order chi connectivity index (χ0) is 22.5. The van der Waals surface area contributed by atoms with Crippen LogP contribution in [0.15, 0.2) is 23.3 Å². The number of rotatable bonds is 11. The number of aldehydes is 2. The van der Waals surface area contributed by atoms with Gasteiger partial charge in [0.1, 0.15) is 12.6 Å². The van der Waals surface area contributed by atoms with E-state index in [1.54, 1.807) is 0 Å². The number of carbonyl (C=O) groups is 2. The van der Waals surface area contributed by atoms with Gasteiger partial charge in [0.25, 0.3) is 0 Å². The van der Waals surface area contributed by atoms with Gasteiger partial charge in [-0.2, -0.15) is 0 Å². The molecule has 4 heteroatoms. The predicted molar refractivity (Wildman–Crippen MR) is 121 cm³/mol. The number of carbonyl (C=O) groups excluding carboxylic acids is 2. The summed E-state index contributed by atoms with van der Waals surface area (Å²) in [6.45, 7) is 7.33. The quantitative estimate of drug-likeness (QED) is 0.345. The Bertz CT molecular complexity index is 662. The van der Waals surface area contributed by atoms with Crippen molar-refractivity contribution in [3.63, 3.8) is 0 Å². The van der Waals surface area contributed by atoms with Crippen LogP contribution >= 0.6 is 0 Å². The normalized spacial score (nSPS) is 27.9. The summed E-state index contributed by atoms with van der Waals surface area (Å²) in [4.78, 5) is 24.8. The van der Waals surface area contributed by atoms with Crippen LogP contribution < -0.4 is 0 Å². The topological polar surface area (TPSA) is 74.6 Å². The van der Waals surface area contributed by atoms with Crippen molar-refractivity contribution in [2.24, 2.45) is 10.8 Å². The lowest BCUT2D eigenvalue weighted by Gasteiger charge is -2.48. The standard InChI is InChI=1S/C26H42O4/c1-23(2,29)13-5-8-21-11-16-25(19-27,17-12-21)26(20-28)15-7-10-22(18-26)9-6-14-24(3,4)30/h10-11,19-20,29-30H,5-9,12-18H2,1-4H3. The van der Waals surface area contributed by atoms with Crippen molar-refractivity contribution >= 4 is 12.6 Å². The molecule has 0 fully saturated rings. The molecule has 2 rings (SSSR count). The number of hydrogen-bond donors (Lipinski definition) is 2. The van der Waals surface area contributed by atoms with E-state index in [1.807, 2.05) is 27.7 Å². The van der Waals surface area contributed by atoms with Gasteiger partial charge >= 0.3 is 0 Å². The summed E-state index contributed by atoms with van der Waals surface area (Å²) in [5.74, 6) is 0. The van der Waals surface area contributed by atoms with E-state index < -0.39 is 22.0 Å². The second-order valence-electron chi connectivity index (χ2n) is 11.0. The van der Waals surface area contributed by atoms with E-state index in [-0.39, 0.29) is 0 Å². The summed E-state index contributed by atoms with van der Waals surface area (Å²) in [6.07, 6.45) is 16.2. The van der Waals surface area contributed by atoms with Gasteiger partial charge in [-0.3, -0.25) is 0 Å². The molecule has 2 unspecified atom stereocenters. The minimum atomic E-state index is -0.670. The molecular weight excluding hydrogens is 376 g/mol. The fourth-order valence-corrected chi connectivity index (χ4v) is 5.25. The Morgan fingerprint density at radius 2 is 1.43 bits per heavy atom. The monoisotopic (exact) mass is 418 g/mol. The van der Waals surface area contributed by atoms with Gasteiger partial charge in [-0.1, -0.05) is 23.3 Å². The van der Waals surface area contributed by atoms with Crippen molar-refractivity contribution < 1.29 is 19.8 Å². The van der Waals surface area contributed by atoms with Gasteiger partial charge in [-0.25, -0.2) is 0 Å². The van der Waals surface area contributed by atoms with Crippen LogP contribution in [0.3, 0.4) is 0 Å². The molecule has 0 saturated carbocycles. The van der Waals surface area contributed by atoms with Gasteiger partial charge in [0.15, 0.2) is 0 Å². The average Bonchev–Trinajstić information content (AvgIpc) is 2.67. The number of aliphatic hydroxyl groups is 2. The molecule has 0 radical (unpaired) electrons. The van der Waals surface area contributed by atoms with Gasteiger partial charge in [0.2, 0.25) is 0 Å². The molecule has 0 aromatic rings. The number of hydrogen-bond acceptors (Lipinski definition) is 4. The summed E-state index contributed by atoms with van der Waals surface area (Å²) >= 11 is 0. The fourth-order valence-electron chi connectivity index (χ4n) is 5.25. The van der Waals surface area contributed by atoms with Crippen LogP contribution in [-0.2, 0) is 9.59 Å². The Balaban J connectivity index is 2.05. The Morgan fingerprint density at radius 3 is 1.90 bits per heavy atom. The van der Waals surface area contributed by atoms with E-state index in [4.69, 9.17) is 0 Å². The van der Waals surface area contributed by atoms with Crippen molar-refractivity contribution in [1.82, 2.24) is 0 Å². The molecule has 2 N–H and O–H groups in total. The maximum Gasteiger partial charge on any atom is 0.127 e. The molecule has 0 aliphatic heterocycles. The van der Waals surface area contributed by atoms with Gasteiger partial charge in [-0.15, -0.1) is 0 Å². The first-order chi connectivity index (χ1) is 13.9. The minimum Gasteiger partial charge on any atom is -0.390 e. The van der Waals surface area contributed by atoms with E-state index in [2.05, 4.69) is 12.2 Å². The lowest BCUT2D eigenvalue weighted by Crippen LogP contribution is -2.47. The van der Waals surface area contributed by atoms with E-state index in [9.17, 15) is 19.8 Å². The maximum atomic E-state index is 12.4. The molecule has 2 aliphatic rings. The van der Waals surface area contributed by atoms with E-state index in [0.717, 1.165) is 76.8 Å². The first-order valence-corrected chi connectivity index (χ1v) is 11.7. The molecule has 2 aliphatic carbocycles. The minimum absolute atomic E-state index is 0.607. The molecular formula is C26H42O4. The Labute approximate surface area is 182 Å². The molecule has 0 amide bonds.